The van der Waals surface area contributed by atoms with Gasteiger partial charge in [-0.3, -0.25) is 14.4 Å². The van der Waals surface area contributed by atoms with Crippen LogP contribution in [0.4, 0.5) is 10.2 Å². The van der Waals surface area contributed by atoms with E-state index in [1.807, 2.05) is 43.3 Å². The summed E-state index contributed by atoms with van der Waals surface area (Å²) in [7, 11) is 3.40. The average molecular weight is 489 g/mol. The number of carbonyl (C=O) groups is 3. The summed E-state index contributed by atoms with van der Waals surface area (Å²) in [5.41, 5.74) is 3.97. The van der Waals surface area contributed by atoms with E-state index >= 15 is 0 Å². The third-order valence-corrected chi connectivity index (χ3v) is 7.07. The van der Waals surface area contributed by atoms with Crippen molar-refractivity contribution in [3.8, 4) is 11.3 Å². The molecule has 0 saturated heterocycles. The van der Waals surface area contributed by atoms with Crippen LogP contribution in [0.5, 0.6) is 0 Å². The number of nitrogens with one attached hydrogen (secondary N) is 2. The highest BCUT2D eigenvalue weighted by atomic mass is 19.1. The first-order valence-electron chi connectivity index (χ1n) is 12.1. The molecule has 1 unspecified atom stereocenters. The fourth-order valence-corrected chi connectivity index (χ4v) is 5.18. The lowest BCUT2D eigenvalue weighted by atomic mass is 9.72. The molecule has 7 nitrogen and oxygen atoms in total. The molecule has 2 aromatic heterocycles. The van der Waals surface area contributed by atoms with Crippen molar-refractivity contribution in [1.82, 2.24) is 14.9 Å². The number of fused-ring (bicyclic) bond motifs is 1. The Labute approximate surface area is 209 Å². The monoisotopic (exact) mass is 488 g/mol. The topological polar surface area (TPSA) is 95.2 Å². The SMILES string of the molecule is CN(C)C(=O)C1(C)CC(=O)c2c([nH]c(-c3ccnc(NC(=O)[C@@H]4C[C@@H]4F)c3)c2Cc2ccccc2)C1. The lowest BCUT2D eigenvalue weighted by molar-refractivity contribution is -0.138. The number of aromatic nitrogens is 2. The van der Waals surface area contributed by atoms with E-state index in [9.17, 15) is 18.8 Å². The molecule has 8 heteroatoms. The summed E-state index contributed by atoms with van der Waals surface area (Å²) >= 11 is 0. The smallest absolute Gasteiger partial charge is 0.231 e. The molecule has 0 radical (unpaired) electrons. The molecule has 2 heterocycles. The van der Waals surface area contributed by atoms with Gasteiger partial charge in [-0.05, 0) is 36.6 Å². The number of rotatable bonds is 6. The van der Waals surface area contributed by atoms with Gasteiger partial charge in [-0.1, -0.05) is 30.3 Å². The van der Waals surface area contributed by atoms with Crippen LogP contribution in [-0.4, -0.2) is 52.7 Å². The van der Waals surface area contributed by atoms with Gasteiger partial charge in [0.15, 0.2) is 5.78 Å². The number of carbonyl (C=O) groups excluding carboxylic acids is 3. The van der Waals surface area contributed by atoms with E-state index in [4.69, 9.17) is 0 Å². The lowest BCUT2D eigenvalue weighted by Gasteiger charge is -2.33. The molecule has 36 heavy (non-hydrogen) atoms. The zero-order valence-corrected chi connectivity index (χ0v) is 20.6. The molecule has 1 fully saturated rings. The summed E-state index contributed by atoms with van der Waals surface area (Å²) in [5.74, 6) is -0.814. The van der Waals surface area contributed by atoms with Crippen molar-refractivity contribution < 1.29 is 18.8 Å². The lowest BCUT2D eigenvalue weighted by Crippen LogP contribution is -2.43. The number of nitrogens with zero attached hydrogens (tertiary/aromatic N) is 2. The van der Waals surface area contributed by atoms with Gasteiger partial charge in [0, 0.05) is 56.4 Å². The molecule has 0 bridgehead atoms. The number of Topliss-reactive ketones (excluding diaryl/α,β-unsaturated/α-hetero) is 1. The third-order valence-electron chi connectivity index (χ3n) is 7.07. The zero-order chi connectivity index (χ0) is 25.6. The molecule has 2 aliphatic rings. The number of ketones is 1. The molecule has 186 valence electrons. The van der Waals surface area contributed by atoms with Crippen molar-refractivity contribution in [2.45, 2.75) is 38.8 Å². The zero-order valence-electron chi connectivity index (χ0n) is 20.6. The summed E-state index contributed by atoms with van der Waals surface area (Å²) < 4.78 is 13.3. The summed E-state index contributed by atoms with van der Waals surface area (Å²) in [4.78, 5) is 47.9. The Balaban J connectivity index is 1.56. The molecule has 2 aliphatic carbocycles. The van der Waals surface area contributed by atoms with Crippen molar-refractivity contribution in [1.29, 1.82) is 0 Å². The molecule has 0 spiro atoms. The van der Waals surface area contributed by atoms with Crippen LogP contribution in [0.2, 0.25) is 0 Å². The summed E-state index contributed by atoms with van der Waals surface area (Å²) in [6.45, 7) is 1.84. The average Bonchev–Trinajstić information content (AvgIpc) is 3.48. The molecule has 1 aromatic carbocycles. The highest BCUT2D eigenvalue weighted by Gasteiger charge is 2.45. The van der Waals surface area contributed by atoms with Crippen LogP contribution in [-0.2, 0) is 22.4 Å². The summed E-state index contributed by atoms with van der Waals surface area (Å²) in [6, 6.07) is 13.4. The Morgan fingerprint density at radius 1 is 1.19 bits per heavy atom. The number of pyridine rings is 1. The Morgan fingerprint density at radius 3 is 2.58 bits per heavy atom. The number of amides is 2. The van der Waals surface area contributed by atoms with E-state index in [-0.39, 0.29) is 30.4 Å². The van der Waals surface area contributed by atoms with Gasteiger partial charge in [0.05, 0.1) is 17.0 Å². The van der Waals surface area contributed by atoms with Crippen LogP contribution in [0.1, 0.15) is 46.9 Å². The molecule has 3 atom stereocenters. The van der Waals surface area contributed by atoms with Gasteiger partial charge < -0.3 is 15.2 Å². The number of hydrogen-bond acceptors (Lipinski definition) is 4. The maximum atomic E-state index is 13.5. The molecular formula is C28H29FN4O3. The van der Waals surface area contributed by atoms with E-state index in [0.29, 0.717) is 24.2 Å². The van der Waals surface area contributed by atoms with Crippen molar-refractivity contribution in [3.05, 3.63) is 71.0 Å². The first-order valence-corrected chi connectivity index (χ1v) is 12.1. The maximum absolute atomic E-state index is 13.5. The number of anilines is 1. The second kappa shape index (κ2) is 9.00. The quantitative estimate of drug-likeness (QED) is 0.544. The second-order valence-electron chi connectivity index (χ2n) is 10.3. The molecule has 1 saturated carbocycles. The minimum Gasteiger partial charge on any atom is -0.358 e. The number of alkyl halides is 1. The fourth-order valence-electron chi connectivity index (χ4n) is 5.18. The van der Waals surface area contributed by atoms with Crippen molar-refractivity contribution in [3.63, 3.8) is 0 Å². The van der Waals surface area contributed by atoms with Crippen LogP contribution in [0, 0.1) is 11.3 Å². The van der Waals surface area contributed by atoms with Crippen LogP contribution in [0.15, 0.2) is 48.7 Å². The number of aromatic amines is 1. The highest BCUT2D eigenvalue weighted by Crippen LogP contribution is 2.42. The fraction of sp³-hybridized carbons (Fsp3) is 0.357. The molecule has 2 N–H and O–H groups in total. The van der Waals surface area contributed by atoms with Gasteiger partial charge in [0.25, 0.3) is 0 Å². The maximum Gasteiger partial charge on any atom is 0.231 e. The van der Waals surface area contributed by atoms with Crippen LogP contribution >= 0.6 is 0 Å². The van der Waals surface area contributed by atoms with Crippen molar-refractivity contribution in [2.75, 3.05) is 19.4 Å². The van der Waals surface area contributed by atoms with Crippen molar-refractivity contribution in [2.24, 2.45) is 11.3 Å². The predicted molar refractivity (Wildman–Crippen MR) is 134 cm³/mol. The number of hydrogen-bond donors (Lipinski definition) is 2. The third kappa shape index (κ3) is 4.43. The Morgan fingerprint density at radius 2 is 1.92 bits per heavy atom. The second-order valence-corrected chi connectivity index (χ2v) is 10.3. The molecule has 2 amide bonds. The van der Waals surface area contributed by atoms with Crippen molar-refractivity contribution >= 4 is 23.4 Å². The normalized spacial score (nSPS) is 22.6. The van der Waals surface area contributed by atoms with E-state index in [1.165, 1.54) is 4.90 Å². The van der Waals surface area contributed by atoms with Gasteiger partial charge >= 0.3 is 0 Å². The van der Waals surface area contributed by atoms with Gasteiger partial charge in [0.2, 0.25) is 11.8 Å². The standard InChI is InChI=1S/C28H29FN4O3/c1-28(27(36)33(2)3)14-21-24(22(34)15-28)19(11-16-7-5-4-6-8-16)25(31-21)17-9-10-30-23(12-17)32-26(35)18-13-20(18)29/h4-10,12,18,20,31H,11,13-15H2,1-3H3,(H,30,32,35)/t18-,20+,28?/m1/s1. The van der Waals surface area contributed by atoms with Crippen LogP contribution in [0.3, 0.4) is 0 Å². The number of benzene rings is 1. The van der Waals surface area contributed by atoms with Gasteiger partial charge in [0.1, 0.15) is 12.0 Å². The van der Waals surface area contributed by atoms with Gasteiger partial charge in [-0.25, -0.2) is 9.37 Å². The van der Waals surface area contributed by atoms with E-state index in [2.05, 4.69) is 15.3 Å². The van der Waals surface area contributed by atoms with Crippen LogP contribution < -0.4 is 5.32 Å². The minimum absolute atomic E-state index is 0.0623. The first kappa shape index (κ1) is 23.9. The van der Waals surface area contributed by atoms with E-state index < -0.39 is 17.5 Å². The summed E-state index contributed by atoms with van der Waals surface area (Å²) in [6.07, 6.45) is 1.81. The Hall–Kier alpha value is -3.81. The first-order chi connectivity index (χ1) is 17.2. The Kier molecular flexibility index (Phi) is 5.98. The highest BCUT2D eigenvalue weighted by molar-refractivity contribution is 6.05. The van der Waals surface area contributed by atoms with E-state index in [0.717, 1.165) is 28.1 Å². The predicted octanol–water partition coefficient (Wildman–Crippen LogP) is 4.19. The molecule has 0 aliphatic heterocycles. The number of H-pyrrole nitrogens is 1. The van der Waals surface area contributed by atoms with Gasteiger partial charge in [-0.15, -0.1) is 0 Å². The summed E-state index contributed by atoms with van der Waals surface area (Å²) in [5, 5.41) is 2.70. The van der Waals surface area contributed by atoms with Crippen LogP contribution in [0.25, 0.3) is 11.3 Å². The minimum atomic E-state index is -1.09. The molecule has 5 rings (SSSR count). The Bertz CT molecular complexity index is 1350. The van der Waals surface area contributed by atoms with E-state index in [1.54, 1.807) is 26.4 Å². The largest absolute Gasteiger partial charge is 0.358 e. The van der Waals surface area contributed by atoms with Gasteiger partial charge in [-0.2, -0.15) is 0 Å². The molecule has 3 aromatic rings. The molecular weight excluding hydrogens is 459 g/mol. The number of halogens is 1.